The van der Waals surface area contributed by atoms with Crippen molar-refractivity contribution in [3.8, 4) is 0 Å². The van der Waals surface area contributed by atoms with Crippen molar-refractivity contribution in [2.24, 2.45) is 5.41 Å². The molecule has 0 saturated heterocycles. The average molecular weight is 185 g/mol. The van der Waals surface area contributed by atoms with Crippen LogP contribution < -0.4 is 0 Å². The highest BCUT2D eigenvalue weighted by Gasteiger charge is 2.24. The van der Waals surface area contributed by atoms with Crippen LogP contribution in [-0.4, -0.2) is 30.8 Å². The molecule has 0 spiro atoms. The van der Waals surface area contributed by atoms with Crippen molar-refractivity contribution in [1.29, 1.82) is 0 Å². The maximum Gasteiger partial charge on any atom is 0.127 e. The highest BCUT2D eigenvalue weighted by Crippen LogP contribution is 2.21. The molecule has 0 aliphatic carbocycles. The Morgan fingerprint density at radius 2 is 1.77 bits per heavy atom. The minimum Gasteiger partial charge on any atom is -0.303 e. The van der Waals surface area contributed by atoms with E-state index in [0.29, 0.717) is 0 Å². The van der Waals surface area contributed by atoms with Crippen LogP contribution in [0.15, 0.2) is 0 Å². The van der Waals surface area contributed by atoms with Gasteiger partial charge in [-0.05, 0) is 19.5 Å². The third-order valence-corrected chi connectivity index (χ3v) is 2.58. The van der Waals surface area contributed by atoms with Gasteiger partial charge >= 0.3 is 0 Å². The third-order valence-electron chi connectivity index (χ3n) is 2.58. The Morgan fingerprint density at radius 1 is 1.23 bits per heavy atom. The summed E-state index contributed by atoms with van der Waals surface area (Å²) in [5.41, 5.74) is -0.138. The first-order valence-electron chi connectivity index (χ1n) is 5.30. The lowest BCUT2D eigenvalue weighted by molar-refractivity contribution is -0.116. The van der Waals surface area contributed by atoms with Crippen LogP contribution in [0.3, 0.4) is 0 Å². The zero-order valence-electron chi connectivity index (χ0n) is 9.47. The highest BCUT2D eigenvalue weighted by molar-refractivity contribution is 5.58. The van der Waals surface area contributed by atoms with Crippen LogP contribution in [0.5, 0.6) is 0 Å². The minimum absolute atomic E-state index is 0.138. The predicted molar refractivity (Wildman–Crippen MR) is 56.9 cm³/mol. The summed E-state index contributed by atoms with van der Waals surface area (Å²) in [7, 11) is 0. The number of rotatable bonds is 7. The number of hydrogen-bond acceptors (Lipinski definition) is 2. The first kappa shape index (κ1) is 12.6. The molecule has 1 unspecified atom stereocenters. The number of aldehydes is 1. The molecule has 0 fully saturated rings. The SMILES string of the molecule is CCCC(C)(C=O)CN(CC)CC. The van der Waals surface area contributed by atoms with Gasteiger partial charge in [0.1, 0.15) is 6.29 Å². The zero-order chi connectivity index (χ0) is 10.3. The van der Waals surface area contributed by atoms with Crippen molar-refractivity contribution < 1.29 is 4.79 Å². The smallest absolute Gasteiger partial charge is 0.127 e. The molecule has 0 aromatic rings. The Bertz CT molecular complexity index is 143. The van der Waals surface area contributed by atoms with Crippen LogP contribution in [0.2, 0.25) is 0 Å². The van der Waals surface area contributed by atoms with Crippen LogP contribution in [0, 0.1) is 5.41 Å². The van der Waals surface area contributed by atoms with Crippen LogP contribution in [0.1, 0.15) is 40.5 Å². The maximum atomic E-state index is 11.0. The molecule has 2 nitrogen and oxygen atoms in total. The average Bonchev–Trinajstić information content (AvgIpc) is 2.15. The summed E-state index contributed by atoms with van der Waals surface area (Å²) in [6.07, 6.45) is 3.19. The standard InChI is InChI=1S/C11H23NO/c1-5-8-11(4,10-13)9-12(6-2)7-3/h10H,5-9H2,1-4H3. The largest absolute Gasteiger partial charge is 0.303 e. The summed E-state index contributed by atoms with van der Waals surface area (Å²) in [4.78, 5) is 13.3. The van der Waals surface area contributed by atoms with Gasteiger partial charge in [-0.3, -0.25) is 0 Å². The molecule has 0 aromatic heterocycles. The second-order valence-electron chi connectivity index (χ2n) is 3.98. The van der Waals surface area contributed by atoms with E-state index in [-0.39, 0.29) is 5.41 Å². The Balaban J connectivity index is 4.15. The van der Waals surface area contributed by atoms with Gasteiger partial charge < -0.3 is 9.69 Å². The monoisotopic (exact) mass is 185 g/mol. The second kappa shape index (κ2) is 6.14. The molecule has 0 aliphatic rings. The lowest BCUT2D eigenvalue weighted by atomic mass is 9.87. The van der Waals surface area contributed by atoms with Crippen LogP contribution in [-0.2, 0) is 4.79 Å². The van der Waals surface area contributed by atoms with Crippen molar-refractivity contribution in [2.45, 2.75) is 40.5 Å². The van der Waals surface area contributed by atoms with Crippen molar-refractivity contribution in [2.75, 3.05) is 19.6 Å². The molecule has 0 rings (SSSR count). The van der Waals surface area contributed by atoms with Gasteiger partial charge in [-0.2, -0.15) is 0 Å². The summed E-state index contributed by atoms with van der Waals surface area (Å²) in [5, 5.41) is 0. The van der Waals surface area contributed by atoms with Gasteiger partial charge in [0, 0.05) is 12.0 Å². The Kier molecular flexibility index (Phi) is 5.97. The number of carbonyl (C=O) groups excluding carboxylic acids is 1. The fourth-order valence-electron chi connectivity index (χ4n) is 1.70. The normalized spacial score (nSPS) is 15.8. The molecule has 0 heterocycles. The summed E-state index contributed by atoms with van der Waals surface area (Å²) in [6.45, 7) is 11.4. The molecule has 1 atom stereocenters. The Labute approximate surface area is 82.3 Å². The van der Waals surface area contributed by atoms with Crippen LogP contribution in [0.25, 0.3) is 0 Å². The van der Waals surface area contributed by atoms with Crippen LogP contribution >= 0.6 is 0 Å². The van der Waals surface area contributed by atoms with Crippen molar-refractivity contribution in [3.63, 3.8) is 0 Å². The zero-order valence-corrected chi connectivity index (χ0v) is 9.47. The molecule has 0 amide bonds. The molecule has 0 N–H and O–H groups in total. The van der Waals surface area contributed by atoms with E-state index in [1.165, 1.54) is 0 Å². The van der Waals surface area contributed by atoms with Crippen molar-refractivity contribution in [3.05, 3.63) is 0 Å². The van der Waals surface area contributed by atoms with E-state index in [1.807, 2.05) is 0 Å². The summed E-state index contributed by atoms with van der Waals surface area (Å²) < 4.78 is 0. The molecule has 13 heavy (non-hydrogen) atoms. The van der Waals surface area contributed by atoms with Crippen LogP contribution in [0.4, 0.5) is 0 Å². The van der Waals surface area contributed by atoms with Gasteiger partial charge in [-0.1, -0.05) is 34.1 Å². The molecule has 0 bridgehead atoms. The molecular weight excluding hydrogens is 162 g/mol. The van der Waals surface area contributed by atoms with Gasteiger partial charge in [-0.25, -0.2) is 0 Å². The van der Waals surface area contributed by atoms with Gasteiger partial charge in [0.25, 0.3) is 0 Å². The first-order valence-corrected chi connectivity index (χ1v) is 5.30. The van der Waals surface area contributed by atoms with E-state index in [2.05, 4.69) is 32.6 Å². The van der Waals surface area contributed by atoms with Crippen molar-refractivity contribution in [1.82, 2.24) is 4.90 Å². The van der Waals surface area contributed by atoms with E-state index in [9.17, 15) is 4.79 Å². The Morgan fingerprint density at radius 3 is 2.08 bits per heavy atom. The maximum absolute atomic E-state index is 11.0. The van der Waals surface area contributed by atoms with E-state index >= 15 is 0 Å². The van der Waals surface area contributed by atoms with Crippen molar-refractivity contribution >= 4 is 6.29 Å². The Hall–Kier alpha value is -0.370. The van der Waals surface area contributed by atoms with Gasteiger partial charge in [-0.15, -0.1) is 0 Å². The lowest BCUT2D eigenvalue weighted by Crippen LogP contribution is -2.36. The van der Waals surface area contributed by atoms with E-state index in [0.717, 1.165) is 38.8 Å². The minimum atomic E-state index is -0.138. The molecule has 2 heteroatoms. The highest BCUT2D eigenvalue weighted by atomic mass is 16.1. The summed E-state index contributed by atoms with van der Waals surface area (Å²) in [6, 6.07) is 0. The molecule has 0 aromatic carbocycles. The molecule has 78 valence electrons. The van der Waals surface area contributed by atoms with Gasteiger partial charge in [0.05, 0.1) is 0 Å². The number of carbonyl (C=O) groups is 1. The quantitative estimate of drug-likeness (QED) is 0.567. The number of nitrogens with zero attached hydrogens (tertiary/aromatic N) is 1. The molecule has 0 aliphatic heterocycles. The molecule has 0 saturated carbocycles. The molecule has 0 radical (unpaired) electrons. The van der Waals surface area contributed by atoms with E-state index in [1.54, 1.807) is 0 Å². The second-order valence-corrected chi connectivity index (χ2v) is 3.98. The molecular formula is C11H23NO. The summed E-state index contributed by atoms with van der Waals surface area (Å²) in [5.74, 6) is 0. The van der Waals surface area contributed by atoms with E-state index < -0.39 is 0 Å². The third kappa shape index (κ3) is 4.41. The van der Waals surface area contributed by atoms with E-state index in [4.69, 9.17) is 0 Å². The lowest BCUT2D eigenvalue weighted by Gasteiger charge is -2.29. The number of hydrogen-bond donors (Lipinski definition) is 0. The van der Waals surface area contributed by atoms with Gasteiger partial charge in [0.15, 0.2) is 0 Å². The first-order chi connectivity index (χ1) is 6.11. The fourth-order valence-corrected chi connectivity index (χ4v) is 1.70. The van der Waals surface area contributed by atoms with Gasteiger partial charge in [0.2, 0.25) is 0 Å². The summed E-state index contributed by atoms with van der Waals surface area (Å²) >= 11 is 0. The predicted octanol–water partition coefficient (Wildman–Crippen LogP) is 2.33. The fraction of sp³-hybridized carbons (Fsp3) is 0.909. The topological polar surface area (TPSA) is 20.3 Å².